The zero-order valence-electron chi connectivity index (χ0n) is 9.11. The number of nitrogens with zero attached hydrogens (tertiary/aromatic N) is 3. The van der Waals surface area contributed by atoms with Crippen molar-refractivity contribution < 1.29 is 9.53 Å². The quantitative estimate of drug-likeness (QED) is 0.368. The Kier molecular flexibility index (Phi) is 3.59. The summed E-state index contributed by atoms with van der Waals surface area (Å²) in [5, 5.41) is 6.59. The van der Waals surface area contributed by atoms with Crippen molar-refractivity contribution in [3.8, 4) is 0 Å². The van der Waals surface area contributed by atoms with Crippen molar-refractivity contribution in [2.24, 2.45) is 5.11 Å². The number of rotatable bonds is 4. The molecule has 0 radical (unpaired) electrons. The van der Waals surface area contributed by atoms with Crippen LogP contribution in [0, 0.1) is 0 Å². The molecule has 0 unspecified atom stereocenters. The summed E-state index contributed by atoms with van der Waals surface area (Å²) in [6.45, 7) is 0.856. The molecule has 1 heterocycles. The third-order valence-corrected chi connectivity index (χ3v) is 2.62. The van der Waals surface area contributed by atoms with Gasteiger partial charge in [-0.2, -0.15) is 0 Å². The number of carbonyl (C=O) groups is 1. The molecule has 6 heteroatoms. The van der Waals surface area contributed by atoms with Gasteiger partial charge in [0.15, 0.2) is 6.04 Å². The summed E-state index contributed by atoms with van der Waals surface area (Å²) in [5.41, 5.74) is 9.47. The van der Waals surface area contributed by atoms with Gasteiger partial charge in [-0.05, 0) is 11.1 Å². The highest BCUT2D eigenvalue weighted by Gasteiger charge is 2.35. The molecule has 0 saturated carbocycles. The predicted octanol–water partition coefficient (Wildman–Crippen LogP) is 1.38. The molecule has 0 spiro atoms. The molecule has 1 aromatic rings. The van der Waals surface area contributed by atoms with E-state index in [2.05, 4.69) is 15.3 Å². The summed E-state index contributed by atoms with van der Waals surface area (Å²) in [6, 6.07) is 8.77. The van der Waals surface area contributed by atoms with Crippen LogP contribution in [0.25, 0.3) is 10.4 Å². The van der Waals surface area contributed by atoms with Crippen molar-refractivity contribution in [1.29, 1.82) is 0 Å². The maximum atomic E-state index is 11.3. The standard InChI is InChI=1S/C11H12N4O2/c12-15-14-10-9(7-17-11(10)16)13-6-8-4-2-1-3-5-8/h1-5,9-10,13H,6-7H2/t9-,10-/m0/s1. The Morgan fingerprint density at radius 2 is 2.24 bits per heavy atom. The molecule has 1 aliphatic heterocycles. The molecule has 1 aromatic carbocycles. The second-order valence-corrected chi connectivity index (χ2v) is 3.75. The molecular weight excluding hydrogens is 220 g/mol. The molecule has 6 nitrogen and oxygen atoms in total. The highest BCUT2D eigenvalue weighted by Crippen LogP contribution is 2.12. The van der Waals surface area contributed by atoms with E-state index in [1.165, 1.54) is 0 Å². The molecule has 1 aliphatic rings. The van der Waals surface area contributed by atoms with Gasteiger partial charge in [0.25, 0.3) is 0 Å². The lowest BCUT2D eigenvalue weighted by atomic mass is 10.1. The first-order chi connectivity index (χ1) is 8.31. The largest absolute Gasteiger partial charge is 0.464 e. The smallest absolute Gasteiger partial charge is 0.316 e. The molecule has 2 rings (SSSR count). The highest BCUT2D eigenvalue weighted by atomic mass is 16.5. The third-order valence-electron chi connectivity index (χ3n) is 2.62. The van der Waals surface area contributed by atoms with Crippen LogP contribution in [0.15, 0.2) is 35.4 Å². The monoisotopic (exact) mass is 232 g/mol. The van der Waals surface area contributed by atoms with Crippen LogP contribution in [0.4, 0.5) is 0 Å². The molecule has 88 valence electrons. The molecule has 1 fully saturated rings. The number of cyclic esters (lactones) is 1. The number of esters is 1. The zero-order valence-corrected chi connectivity index (χ0v) is 9.11. The number of hydrogen-bond acceptors (Lipinski definition) is 4. The number of benzene rings is 1. The minimum atomic E-state index is -0.760. The van der Waals surface area contributed by atoms with Crippen LogP contribution in [0.3, 0.4) is 0 Å². The van der Waals surface area contributed by atoms with Gasteiger partial charge in [-0.15, -0.1) is 0 Å². The molecule has 0 amide bonds. The van der Waals surface area contributed by atoms with Gasteiger partial charge in [-0.3, -0.25) is 4.79 Å². The van der Waals surface area contributed by atoms with Crippen molar-refractivity contribution in [3.63, 3.8) is 0 Å². The summed E-state index contributed by atoms with van der Waals surface area (Å²) in [7, 11) is 0. The molecule has 1 saturated heterocycles. The van der Waals surface area contributed by atoms with Gasteiger partial charge in [-0.25, -0.2) is 0 Å². The van der Waals surface area contributed by atoms with Crippen LogP contribution in [0.5, 0.6) is 0 Å². The van der Waals surface area contributed by atoms with E-state index < -0.39 is 12.0 Å². The van der Waals surface area contributed by atoms with Crippen LogP contribution < -0.4 is 5.32 Å². The first-order valence-electron chi connectivity index (χ1n) is 5.29. The van der Waals surface area contributed by atoms with Gasteiger partial charge in [0.05, 0.1) is 6.04 Å². The normalized spacial score (nSPS) is 22.9. The van der Waals surface area contributed by atoms with Gasteiger partial charge < -0.3 is 10.1 Å². The van der Waals surface area contributed by atoms with E-state index in [0.29, 0.717) is 6.54 Å². The molecule has 0 bridgehead atoms. The number of nitrogens with one attached hydrogen (secondary N) is 1. The first-order valence-corrected chi connectivity index (χ1v) is 5.29. The van der Waals surface area contributed by atoms with E-state index in [1.807, 2.05) is 30.3 Å². The SMILES string of the molecule is [N-]=[N+]=N[C@@H]1C(=O)OC[C@@H]1NCc1ccccc1. The summed E-state index contributed by atoms with van der Waals surface area (Å²) < 4.78 is 4.85. The van der Waals surface area contributed by atoms with Crippen LogP contribution in [-0.4, -0.2) is 24.7 Å². The fraction of sp³-hybridized carbons (Fsp3) is 0.364. The van der Waals surface area contributed by atoms with E-state index in [-0.39, 0.29) is 12.6 Å². The minimum Gasteiger partial charge on any atom is -0.464 e. The molecule has 0 aromatic heterocycles. The van der Waals surface area contributed by atoms with Crippen LogP contribution in [0.1, 0.15) is 5.56 Å². The Hall–Kier alpha value is -2.04. The molecular formula is C11H12N4O2. The van der Waals surface area contributed by atoms with Crippen molar-refractivity contribution in [1.82, 2.24) is 5.32 Å². The van der Waals surface area contributed by atoms with Crippen LogP contribution >= 0.6 is 0 Å². The number of azide groups is 1. The van der Waals surface area contributed by atoms with Gasteiger partial charge in [0.2, 0.25) is 0 Å². The van der Waals surface area contributed by atoms with Crippen LogP contribution in [0.2, 0.25) is 0 Å². The Morgan fingerprint density at radius 3 is 2.94 bits per heavy atom. The number of ether oxygens (including phenoxy) is 1. The minimum absolute atomic E-state index is 0.245. The molecule has 1 N–H and O–H groups in total. The maximum Gasteiger partial charge on any atom is 0.316 e. The topological polar surface area (TPSA) is 87.1 Å². The van der Waals surface area contributed by atoms with E-state index in [1.54, 1.807) is 0 Å². The summed E-state index contributed by atoms with van der Waals surface area (Å²) in [4.78, 5) is 13.9. The van der Waals surface area contributed by atoms with Gasteiger partial charge in [-0.1, -0.05) is 35.4 Å². The number of carbonyl (C=O) groups excluding carboxylic acids is 1. The molecule has 17 heavy (non-hydrogen) atoms. The lowest BCUT2D eigenvalue weighted by Crippen LogP contribution is -2.38. The Labute approximate surface area is 98.2 Å². The first kappa shape index (κ1) is 11.4. The average molecular weight is 232 g/mol. The van der Waals surface area contributed by atoms with Crippen molar-refractivity contribution in [2.75, 3.05) is 6.61 Å². The van der Waals surface area contributed by atoms with Crippen molar-refractivity contribution >= 4 is 5.97 Å². The summed E-state index contributed by atoms with van der Waals surface area (Å²) >= 11 is 0. The third kappa shape index (κ3) is 2.75. The van der Waals surface area contributed by atoms with Gasteiger partial charge in [0.1, 0.15) is 6.61 Å². The molecule has 2 atom stereocenters. The van der Waals surface area contributed by atoms with E-state index in [4.69, 9.17) is 10.3 Å². The maximum absolute atomic E-state index is 11.3. The Morgan fingerprint density at radius 1 is 1.47 bits per heavy atom. The lowest BCUT2D eigenvalue weighted by molar-refractivity contribution is -0.138. The predicted molar refractivity (Wildman–Crippen MR) is 61.0 cm³/mol. The van der Waals surface area contributed by atoms with Crippen LogP contribution in [-0.2, 0) is 16.1 Å². The average Bonchev–Trinajstić information content (AvgIpc) is 2.70. The lowest BCUT2D eigenvalue weighted by Gasteiger charge is -2.12. The summed E-state index contributed by atoms with van der Waals surface area (Å²) in [5.74, 6) is -0.464. The summed E-state index contributed by atoms with van der Waals surface area (Å²) in [6.07, 6.45) is 0. The Balaban J connectivity index is 1.95. The zero-order chi connectivity index (χ0) is 12.1. The highest BCUT2D eigenvalue weighted by molar-refractivity contribution is 5.79. The fourth-order valence-corrected chi connectivity index (χ4v) is 1.71. The fourth-order valence-electron chi connectivity index (χ4n) is 1.71. The second kappa shape index (κ2) is 5.34. The van der Waals surface area contributed by atoms with Gasteiger partial charge in [0, 0.05) is 11.5 Å². The van der Waals surface area contributed by atoms with Crippen molar-refractivity contribution in [2.45, 2.75) is 18.6 Å². The second-order valence-electron chi connectivity index (χ2n) is 3.75. The Bertz CT molecular complexity index is 442. The van der Waals surface area contributed by atoms with Crippen molar-refractivity contribution in [3.05, 3.63) is 46.3 Å². The van der Waals surface area contributed by atoms with Gasteiger partial charge >= 0.3 is 5.97 Å². The number of hydrogen-bond donors (Lipinski definition) is 1. The van der Waals surface area contributed by atoms with E-state index in [9.17, 15) is 4.79 Å². The molecule has 0 aliphatic carbocycles. The van der Waals surface area contributed by atoms with E-state index in [0.717, 1.165) is 5.56 Å². The van der Waals surface area contributed by atoms with E-state index >= 15 is 0 Å².